The van der Waals surface area contributed by atoms with Crippen LogP contribution in [0.25, 0.3) is 10.9 Å². The molecule has 1 atom stereocenters. The summed E-state index contributed by atoms with van der Waals surface area (Å²) in [4.78, 5) is 31.3. The summed E-state index contributed by atoms with van der Waals surface area (Å²) in [6, 6.07) is 16.8. The number of hydrogen-bond donors (Lipinski definition) is 1. The van der Waals surface area contributed by atoms with Gasteiger partial charge in [0.05, 0.1) is 24.6 Å². The van der Waals surface area contributed by atoms with E-state index in [0.29, 0.717) is 25.1 Å². The van der Waals surface area contributed by atoms with Crippen LogP contribution in [0.4, 0.5) is 0 Å². The third-order valence-electron chi connectivity index (χ3n) is 5.48. The maximum Gasteiger partial charge on any atom is 0.249 e. The monoisotopic (exact) mass is 389 g/mol. The normalized spacial score (nSPS) is 16.2. The van der Waals surface area contributed by atoms with Crippen molar-refractivity contribution in [1.29, 1.82) is 0 Å². The lowest BCUT2D eigenvalue weighted by Crippen LogP contribution is -2.30. The molecule has 6 heteroatoms. The Hall–Kier alpha value is -3.41. The van der Waals surface area contributed by atoms with Crippen molar-refractivity contribution in [3.8, 4) is 5.75 Å². The lowest BCUT2D eigenvalue weighted by molar-refractivity contribution is -0.129. The van der Waals surface area contributed by atoms with Gasteiger partial charge in [0.15, 0.2) is 0 Å². The zero-order valence-corrected chi connectivity index (χ0v) is 16.3. The molecule has 0 radical (unpaired) electrons. The Balaban J connectivity index is 1.50. The Morgan fingerprint density at radius 2 is 1.93 bits per heavy atom. The highest BCUT2D eigenvalue weighted by atomic mass is 16.5. The molecular formula is C23H23N3O3. The van der Waals surface area contributed by atoms with E-state index in [2.05, 4.69) is 0 Å². The lowest BCUT2D eigenvalue weighted by atomic mass is 9.99. The van der Waals surface area contributed by atoms with E-state index in [1.54, 1.807) is 13.2 Å². The zero-order chi connectivity index (χ0) is 20.4. The van der Waals surface area contributed by atoms with Crippen molar-refractivity contribution < 1.29 is 14.3 Å². The minimum Gasteiger partial charge on any atom is -0.497 e. The minimum absolute atomic E-state index is 0.0913. The highest BCUT2D eigenvalue weighted by Gasteiger charge is 2.29. The van der Waals surface area contributed by atoms with E-state index in [1.165, 1.54) is 0 Å². The van der Waals surface area contributed by atoms with Crippen molar-refractivity contribution in [2.24, 2.45) is 5.73 Å². The Morgan fingerprint density at radius 3 is 2.66 bits per heavy atom. The van der Waals surface area contributed by atoms with Gasteiger partial charge in [-0.05, 0) is 36.2 Å². The summed E-state index contributed by atoms with van der Waals surface area (Å²) in [5, 5.41) is 0.759. The van der Waals surface area contributed by atoms with Crippen LogP contribution in [0.1, 0.15) is 34.0 Å². The predicted molar refractivity (Wildman–Crippen MR) is 111 cm³/mol. The molecule has 2 N–H and O–H groups in total. The number of nitrogens with zero attached hydrogens (tertiary/aromatic N) is 2. The van der Waals surface area contributed by atoms with E-state index in [1.807, 2.05) is 53.4 Å². The predicted octanol–water partition coefficient (Wildman–Crippen LogP) is 2.90. The molecule has 1 saturated heterocycles. The highest BCUT2D eigenvalue weighted by molar-refractivity contribution is 6.05. The highest BCUT2D eigenvalue weighted by Crippen LogP contribution is 2.29. The number of amides is 2. The number of carbonyl (C=O) groups excluding carboxylic acids is 2. The van der Waals surface area contributed by atoms with Crippen molar-refractivity contribution in [3.05, 3.63) is 71.4 Å². The fourth-order valence-electron chi connectivity index (χ4n) is 3.87. The van der Waals surface area contributed by atoms with Crippen LogP contribution in [0.15, 0.2) is 54.6 Å². The summed E-state index contributed by atoms with van der Waals surface area (Å²) in [5.74, 6) is 0.497. The van der Waals surface area contributed by atoms with Gasteiger partial charge in [-0.15, -0.1) is 0 Å². The topological polar surface area (TPSA) is 85.5 Å². The third kappa shape index (κ3) is 3.92. The Labute approximate surface area is 169 Å². The van der Waals surface area contributed by atoms with Crippen LogP contribution in [0.3, 0.4) is 0 Å². The van der Waals surface area contributed by atoms with Gasteiger partial charge < -0.3 is 15.4 Å². The maximum atomic E-state index is 12.7. The molecule has 148 valence electrons. The molecule has 1 aliphatic heterocycles. The molecule has 2 heterocycles. The van der Waals surface area contributed by atoms with Crippen LogP contribution in [0.5, 0.6) is 5.75 Å². The maximum absolute atomic E-state index is 12.7. The van der Waals surface area contributed by atoms with E-state index in [9.17, 15) is 9.59 Å². The SMILES string of the molecule is COc1ccc(CC(=O)N2CC[C@@H](c3cc(C(N)=O)c4ccccc4n3)C2)cc1. The third-order valence-corrected chi connectivity index (χ3v) is 5.48. The number of nitrogens with two attached hydrogens (primary N) is 1. The number of rotatable bonds is 5. The molecule has 0 saturated carbocycles. The first-order chi connectivity index (χ1) is 14.0. The average molecular weight is 389 g/mol. The van der Waals surface area contributed by atoms with Gasteiger partial charge in [-0.25, -0.2) is 0 Å². The number of ether oxygens (including phenoxy) is 1. The first-order valence-corrected chi connectivity index (χ1v) is 9.65. The van der Waals surface area contributed by atoms with E-state index in [0.717, 1.165) is 34.3 Å². The molecule has 0 aliphatic carbocycles. The fourth-order valence-corrected chi connectivity index (χ4v) is 3.87. The van der Waals surface area contributed by atoms with Crippen molar-refractivity contribution >= 4 is 22.7 Å². The number of methoxy groups -OCH3 is 1. The number of pyridine rings is 1. The van der Waals surface area contributed by atoms with E-state index < -0.39 is 5.91 Å². The first-order valence-electron chi connectivity index (χ1n) is 9.65. The Morgan fingerprint density at radius 1 is 1.17 bits per heavy atom. The van der Waals surface area contributed by atoms with Crippen molar-refractivity contribution in [3.63, 3.8) is 0 Å². The van der Waals surface area contributed by atoms with Gasteiger partial charge in [-0.2, -0.15) is 0 Å². The summed E-state index contributed by atoms with van der Waals surface area (Å²) in [6.45, 7) is 1.28. The molecule has 1 fully saturated rings. The number of benzene rings is 2. The quantitative estimate of drug-likeness (QED) is 0.727. The van der Waals surface area contributed by atoms with Crippen LogP contribution in [-0.2, 0) is 11.2 Å². The average Bonchev–Trinajstić information content (AvgIpc) is 3.24. The molecule has 0 bridgehead atoms. The Kier molecular flexibility index (Phi) is 5.16. The molecule has 3 aromatic rings. The van der Waals surface area contributed by atoms with Gasteiger partial charge in [-0.3, -0.25) is 14.6 Å². The van der Waals surface area contributed by atoms with Crippen LogP contribution < -0.4 is 10.5 Å². The van der Waals surface area contributed by atoms with E-state index in [-0.39, 0.29) is 11.8 Å². The molecule has 2 amide bonds. The summed E-state index contributed by atoms with van der Waals surface area (Å²) in [7, 11) is 1.62. The molecular weight excluding hydrogens is 366 g/mol. The number of primary amides is 1. The molecule has 0 unspecified atom stereocenters. The lowest BCUT2D eigenvalue weighted by Gasteiger charge is -2.17. The number of hydrogen-bond acceptors (Lipinski definition) is 4. The van der Waals surface area contributed by atoms with E-state index in [4.69, 9.17) is 15.5 Å². The zero-order valence-electron chi connectivity index (χ0n) is 16.3. The summed E-state index contributed by atoms with van der Waals surface area (Å²) < 4.78 is 5.16. The molecule has 1 aromatic heterocycles. The van der Waals surface area contributed by atoms with Gasteiger partial charge in [0, 0.05) is 30.1 Å². The van der Waals surface area contributed by atoms with Gasteiger partial charge in [0.2, 0.25) is 11.8 Å². The number of likely N-dealkylation sites (tertiary alicyclic amines) is 1. The second-order valence-corrected chi connectivity index (χ2v) is 7.33. The van der Waals surface area contributed by atoms with Crippen LogP contribution in [0.2, 0.25) is 0 Å². The number of fused-ring (bicyclic) bond motifs is 1. The number of aromatic nitrogens is 1. The molecule has 2 aromatic carbocycles. The summed E-state index contributed by atoms with van der Waals surface area (Å²) in [6.07, 6.45) is 1.17. The second kappa shape index (κ2) is 7.91. The molecule has 0 spiro atoms. The van der Waals surface area contributed by atoms with Gasteiger partial charge >= 0.3 is 0 Å². The van der Waals surface area contributed by atoms with Crippen LogP contribution in [0, 0.1) is 0 Å². The molecule has 4 rings (SSSR count). The minimum atomic E-state index is -0.463. The van der Waals surface area contributed by atoms with Crippen LogP contribution >= 0.6 is 0 Å². The Bertz CT molecular complexity index is 1060. The largest absolute Gasteiger partial charge is 0.497 e. The van der Waals surface area contributed by atoms with Crippen LogP contribution in [-0.4, -0.2) is 41.9 Å². The van der Waals surface area contributed by atoms with Gasteiger partial charge in [0.1, 0.15) is 5.75 Å². The van der Waals surface area contributed by atoms with Gasteiger partial charge in [-0.1, -0.05) is 30.3 Å². The first kappa shape index (κ1) is 18.9. The summed E-state index contributed by atoms with van der Waals surface area (Å²) in [5.41, 5.74) is 8.60. The number of carbonyl (C=O) groups is 2. The molecule has 29 heavy (non-hydrogen) atoms. The second-order valence-electron chi connectivity index (χ2n) is 7.33. The van der Waals surface area contributed by atoms with Crippen molar-refractivity contribution in [1.82, 2.24) is 9.88 Å². The summed E-state index contributed by atoms with van der Waals surface area (Å²) >= 11 is 0. The molecule has 1 aliphatic rings. The number of para-hydroxylation sites is 1. The van der Waals surface area contributed by atoms with Gasteiger partial charge in [0.25, 0.3) is 0 Å². The molecule has 6 nitrogen and oxygen atoms in total. The van der Waals surface area contributed by atoms with E-state index >= 15 is 0 Å². The van der Waals surface area contributed by atoms with Crippen molar-refractivity contribution in [2.45, 2.75) is 18.8 Å². The standard InChI is InChI=1S/C23H23N3O3/c1-29-17-8-6-15(7-9-17)12-22(27)26-11-10-16(14-26)21-13-19(23(24)28)18-4-2-3-5-20(18)25-21/h2-9,13,16H,10-12,14H2,1H3,(H2,24,28)/t16-/m1/s1. The smallest absolute Gasteiger partial charge is 0.249 e. The van der Waals surface area contributed by atoms with Crippen molar-refractivity contribution in [2.75, 3.05) is 20.2 Å². The fraction of sp³-hybridized carbons (Fsp3) is 0.261.